The number of hydrogen-bond donors (Lipinski definition) is 4. The van der Waals surface area contributed by atoms with Gasteiger partial charge in [0.15, 0.2) is 5.78 Å². The zero-order valence-electron chi connectivity index (χ0n) is 20.2. The first kappa shape index (κ1) is 21.8. The number of rotatable bonds is 0. The minimum absolute atomic E-state index is 0.0139. The molecule has 6 aliphatic rings. The Bertz CT molecular complexity index is 940. The van der Waals surface area contributed by atoms with Gasteiger partial charge in [0, 0.05) is 11.8 Å². The van der Waals surface area contributed by atoms with Crippen LogP contribution in [0.25, 0.3) is 0 Å². The topological polar surface area (TPSA) is 98.0 Å². The maximum absolute atomic E-state index is 12.6. The molecule has 0 amide bonds. The Labute approximate surface area is 191 Å². The van der Waals surface area contributed by atoms with E-state index >= 15 is 0 Å². The molecule has 0 aromatic heterocycles. The van der Waals surface area contributed by atoms with Crippen molar-refractivity contribution >= 4 is 5.78 Å². The van der Waals surface area contributed by atoms with Crippen LogP contribution in [0, 0.1) is 44.8 Å². The van der Waals surface area contributed by atoms with E-state index in [1.165, 1.54) is 5.57 Å². The zero-order chi connectivity index (χ0) is 23.3. The maximum atomic E-state index is 12.6. The summed E-state index contributed by atoms with van der Waals surface area (Å²) in [6.07, 6.45) is 5.01. The SMILES string of the molecule is C[C@@H]1CC(=O)[C@H](O)[C@@]2(O)C[C@@]3(C)C4=CC[C@@H]5C(C)(C)[C@@H](O)CC[C@@]56C[C@@]46[C@@H](O)C[C@]3(C)[C@@H]12. The summed E-state index contributed by atoms with van der Waals surface area (Å²) in [6, 6.07) is 0. The fourth-order valence-corrected chi connectivity index (χ4v) is 11.1. The van der Waals surface area contributed by atoms with Gasteiger partial charge in [0.05, 0.1) is 12.2 Å². The van der Waals surface area contributed by atoms with Gasteiger partial charge in [-0.15, -0.1) is 0 Å². The second-order valence-corrected chi connectivity index (χ2v) is 13.8. The van der Waals surface area contributed by atoms with E-state index in [2.05, 4.69) is 33.8 Å². The first-order valence-corrected chi connectivity index (χ1v) is 12.7. The van der Waals surface area contributed by atoms with Crippen LogP contribution < -0.4 is 0 Å². The fraction of sp³-hybridized carbons (Fsp3) is 0.889. The van der Waals surface area contributed by atoms with E-state index in [9.17, 15) is 25.2 Å². The lowest BCUT2D eigenvalue weighted by molar-refractivity contribution is -0.176. The first-order valence-electron chi connectivity index (χ1n) is 12.7. The van der Waals surface area contributed by atoms with Crippen LogP contribution in [0.3, 0.4) is 0 Å². The van der Waals surface area contributed by atoms with Crippen molar-refractivity contribution in [1.82, 2.24) is 0 Å². The van der Waals surface area contributed by atoms with Crippen molar-refractivity contribution in [2.45, 2.75) is 103 Å². The summed E-state index contributed by atoms with van der Waals surface area (Å²) in [5.41, 5.74) is -1.39. The molecule has 5 saturated carbocycles. The standard InChI is InChI=1S/C27H40O5/c1-14-10-15(28)21(31)27(32)12-24(5)17-7-6-16-22(2,3)18(29)8-9-25(16)13-26(17,25)19(30)11-23(24,4)20(14)27/h7,14,16,18-21,29-32H,6,8-13H2,1-5H3/t14-,16-,18+,19+,20-,21+,23-,24+,25-,26+,27-/m1/s1. The predicted octanol–water partition coefficient (Wildman–Crippen LogP) is 2.99. The Morgan fingerprint density at radius 3 is 2.41 bits per heavy atom. The number of ketones is 1. The fourth-order valence-electron chi connectivity index (χ4n) is 11.1. The summed E-state index contributed by atoms with van der Waals surface area (Å²) in [5, 5.41) is 45.5. The van der Waals surface area contributed by atoms with Gasteiger partial charge in [0.25, 0.3) is 0 Å². The number of aliphatic hydroxyl groups excluding tert-OH is 3. The van der Waals surface area contributed by atoms with Gasteiger partial charge in [0.2, 0.25) is 0 Å². The molecule has 178 valence electrons. The summed E-state index contributed by atoms with van der Waals surface area (Å²) < 4.78 is 0. The van der Waals surface area contributed by atoms with Crippen LogP contribution in [0.2, 0.25) is 0 Å². The molecule has 0 aromatic rings. The van der Waals surface area contributed by atoms with Gasteiger partial charge in [-0.1, -0.05) is 46.3 Å². The summed E-state index contributed by atoms with van der Waals surface area (Å²) >= 11 is 0. The van der Waals surface area contributed by atoms with E-state index in [0.717, 1.165) is 25.7 Å². The van der Waals surface area contributed by atoms with Crippen LogP contribution in [0.15, 0.2) is 11.6 Å². The van der Waals surface area contributed by atoms with Crippen LogP contribution in [0.5, 0.6) is 0 Å². The van der Waals surface area contributed by atoms with E-state index in [-0.39, 0.29) is 57.2 Å². The van der Waals surface area contributed by atoms with Crippen LogP contribution >= 0.6 is 0 Å². The van der Waals surface area contributed by atoms with Crippen molar-refractivity contribution in [3.8, 4) is 0 Å². The third-order valence-electron chi connectivity index (χ3n) is 12.5. The lowest BCUT2D eigenvalue weighted by Crippen LogP contribution is -2.60. The van der Waals surface area contributed by atoms with Crippen molar-refractivity contribution in [2.75, 3.05) is 0 Å². The van der Waals surface area contributed by atoms with E-state index in [1.54, 1.807) is 0 Å². The van der Waals surface area contributed by atoms with Gasteiger partial charge >= 0.3 is 0 Å². The minimum atomic E-state index is -1.44. The summed E-state index contributed by atoms with van der Waals surface area (Å²) in [5.74, 6) is -0.167. The minimum Gasteiger partial charge on any atom is -0.393 e. The number of hydrogen-bond acceptors (Lipinski definition) is 5. The average Bonchev–Trinajstić information content (AvgIpc) is 3.33. The second kappa shape index (κ2) is 5.72. The smallest absolute Gasteiger partial charge is 0.164 e. The molecule has 2 spiro atoms. The molecule has 4 N–H and O–H groups in total. The maximum Gasteiger partial charge on any atom is 0.164 e. The highest BCUT2D eigenvalue weighted by Crippen LogP contribution is 2.88. The molecule has 6 rings (SSSR count). The van der Waals surface area contributed by atoms with Crippen LogP contribution in [0.1, 0.15) is 79.6 Å². The van der Waals surface area contributed by atoms with E-state index in [0.29, 0.717) is 18.8 Å². The molecule has 5 heteroatoms. The van der Waals surface area contributed by atoms with Crippen molar-refractivity contribution in [3.63, 3.8) is 0 Å². The van der Waals surface area contributed by atoms with Crippen molar-refractivity contribution in [1.29, 1.82) is 0 Å². The highest BCUT2D eigenvalue weighted by molar-refractivity contribution is 5.86. The monoisotopic (exact) mass is 444 g/mol. The molecule has 0 bridgehead atoms. The van der Waals surface area contributed by atoms with Crippen LogP contribution in [-0.4, -0.2) is 50.1 Å². The van der Waals surface area contributed by atoms with E-state index in [1.807, 2.05) is 6.92 Å². The number of Topliss-reactive ketones (excluding diaryl/α,β-unsaturated/α-hetero) is 1. The molecule has 5 nitrogen and oxygen atoms in total. The number of allylic oxidation sites excluding steroid dienone is 1. The highest BCUT2D eigenvalue weighted by Gasteiger charge is 2.85. The molecule has 0 unspecified atom stereocenters. The van der Waals surface area contributed by atoms with E-state index in [4.69, 9.17) is 0 Å². The van der Waals surface area contributed by atoms with Gasteiger partial charge in [-0.3, -0.25) is 4.79 Å². The number of fused-ring (bicyclic) bond motifs is 4. The van der Waals surface area contributed by atoms with Gasteiger partial charge in [-0.05, 0) is 77.9 Å². The largest absolute Gasteiger partial charge is 0.393 e. The first-order chi connectivity index (χ1) is 14.7. The molecular formula is C27H40O5. The molecule has 0 radical (unpaired) electrons. The third-order valence-corrected chi connectivity index (χ3v) is 12.5. The molecule has 5 fully saturated rings. The number of aliphatic hydroxyl groups is 4. The Morgan fingerprint density at radius 2 is 1.72 bits per heavy atom. The number of carbonyl (C=O) groups excluding carboxylic acids is 1. The molecule has 0 saturated heterocycles. The molecular weight excluding hydrogens is 404 g/mol. The molecule has 0 aromatic carbocycles. The number of carbonyl (C=O) groups is 1. The molecule has 32 heavy (non-hydrogen) atoms. The lowest BCUT2D eigenvalue weighted by atomic mass is 9.44. The van der Waals surface area contributed by atoms with Crippen molar-refractivity contribution in [2.24, 2.45) is 44.8 Å². The van der Waals surface area contributed by atoms with Crippen molar-refractivity contribution in [3.05, 3.63) is 11.6 Å². The zero-order valence-corrected chi connectivity index (χ0v) is 20.2. The molecule has 0 aliphatic heterocycles. The van der Waals surface area contributed by atoms with Gasteiger partial charge in [0.1, 0.15) is 11.7 Å². The lowest BCUT2D eigenvalue weighted by Gasteiger charge is -2.61. The second-order valence-electron chi connectivity index (χ2n) is 13.8. The van der Waals surface area contributed by atoms with Gasteiger partial charge in [-0.25, -0.2) is 0 Å². The van der Waals surface area contributed by atoms with E-state index < -0.39 is 17.8 Å². The van der Waals surface area contributed by atoms with Gasteiger partial charge in [-0.2, -0.15) is 0 Å². The van der Waals surface area contributed by atoms with Gasteiger partial charge < -0.3 is 20.4 Å². The molecule has 0 heterocycles. The predicted molar refractivity (Wildman–Crippen MR) is 119 cm³/mol. The third kappa shape index (κ3) is 1.96. The van der Waals surface area contributed by atoms with Crippen LogP contribution in [0.4, 0.5) is 0 Å². The normalized spacial score (nSPS) is 62.2. The Hall–Kier alpha value is -0.750. The average molecular weight is 445 g/mol. The molecule has 6 aliphatic carbocycles. The Balaban J connectivity index is 1.52. The summed E-state index contributed by atoms with van der Waals surface area (Å²) in [6.45, 7) is 10.8. The molecule has 11 atom stereocenters. The van der Waals surface area contributed by atoms with Crippen molar-refractivity contribution < 1.29 is 25.2 Å². The van der Waals surface area contributed by atoms with Crippen LogP contribution in [-0.2, 0) is 4.79 Å². The highest BCUT2D eigenvalue weighted by atomic mass is 16.4. The summed E-state index contributed by atoms with van der Waals surface area (Å²) in [7, 11) is 0. The Kier molecular flexibility index (Phi) is 3.89. The summed E-state index contributed by atoms with van der Waals surface area (Å²) in [4.78, 5) is 12.6. The Morgan fingerprint density at radius 1 is 1.03 bits per heavy atom. The quantitative estimate of drug-likeness (QED) is 0.431.